The fourth-order valence-corrected chi connectivity index (χ4v) is 3.32. The van der Waals surface area contributed by atoms with Crippen molar-refractivity contribution >= 4 is 16.7 Å². The molecule has 0 fully saturated rings. The Labute approximate surface area is 149 Å². The van der Waals surface area contributed by atoms with E-state index in [2.05, 4.69) is 88.0 Å². The largest absolute Gasteiger partial charge is 0.356 e. The maximum Gasteiger partial charge on any atom is 0.194 e. The Balaban J connectivity index is 1.34. The maximum absolute atomic E-state index is 4.63. The molecular weight excluding hydrogens is 306 g/mol. The van der Waals surface area contributed by atoms with Crippen LogP contribution in [0.2, 0.25) is 0 Å². The summed E-state index contributed by atoms with van der Waals surface area (Å²) in [6, 6.07) is 25.8. The monoisotopic (exact) mass is 329 g/mol. The van der Waals surface area contributed by atoms with E-state index in [4.69, 9.17) is 0 Å². The maximum atomic E-state index is 4.63. The molecule has 3 aromatic rings. The Hall–Kier alpha value is -2.81. The minimum absolute atomic E-state index is 0.880. The van der Waals surface area contributed by atoms with Gasteiger partial charge in [-0.05, 0) is 28.3 Å². The molecule has 0 unspecified atom stereocenters. The van der Waals surface area contributed by atoms with Crippen LogP contribution in [0.25, 0.3) is 10.8 Å². The highest BCUT2D eigenvalue weighted by Gasteiger charge is 2.16. The number of fused-ring (bicyclic) bond motifs is 1. The molecule has 0 bridgehead atoms. The summed E-state index contributed by atoms with van der Waals surface area (Å²) in [5, 5.41) is 6.13. The number of nitrogens with zero attached hydrogens (tertiary/aromatic N) is 2. The number of hydrogen-bond acceptors (Lipinski definition) is 3. The average Bonchev–Trinajstić information content (AvgIpc) is 3.09. The van der Waals surface area contributed by atoms with Crippen LogP contribution in [0.15, 0.2) is 77.8 Å². The van der Waals surface area contributed by atoms with Crippen molar-refractivity contribution < 1.29 is 0 Å². The second kappa shape index (κ2) is 7.39. The van der Waals surface area contributed by atoms with E-state index in [1.807, 2.05) is 0 Å². The van der Waals surface area contributed by atoms with Crippen LogP contribution >= 0.6 is 0 Å². The van der Waals surface area contributed by atoms with Crippen LogP contribution in [0.4, 0.5) is 0 Å². The van der Waals surface area contributed by atoms with Gasteiger partial charge in [0.15, 0.2) is 5.96 Å². The minimum atomic E-state index is 0.880. The second-order valence-corrected chi connectivity index (χ2v) is 6.47. The molecule has 1 heterocycles. The Morgan fingerprint density at radius 3 is 2.52 bits per heavy atom. The zero-order chi connectivity index (χ0) is 16.9. The molecule has 1 aliphatic heterocycles. The first-order chi connectivity index (χ1) is 12.4. The van der Waals surface area contributed by atoms with Crippen molar-refractivity contribution in [1.29, 1.82) is 0 Å². The van der Waals surface area contributed by atoms with E-state index in [1.54, 1.807) is 0 Å². The van der Waals surface area contributed by atoms with Crippen LogP contribution in [0.3, 0.4) is 0 Å². The van der Waals surface area contributed by atoms with Crippen molar-refractivity contribution in [2.75, 3.05) is 19.6 Å². The van der Waals surface area contributed by atoms with Gasteiger partial charge >= 0.3 is 0 Å². The van der Waals surface area contributed by atoms with Gasteiger partial charge in [0.05, 0.1) is 6.54 Å². The highest BCUT2D eigenvalue weighted by atomic mass is 15.3. The van der Waals surface area contributed by atoms with E-state index in [0.717, 1.165) is 38.6 Å². The molecule has 1 N–H and O–H groups in total. The first-order valence-corrected chi connectivity index (χ1v) is 8.93. The van der Waals surface area contributed by atoms with E-state index in [-0.39, 0.29) is 0 Å². The van der Waals surface area contributed by atoms with Gasteiger partial charge in [-0.3, -0.25) is 4.99 Å². The lowest BCUT2D eigenvalue weighted by atomic mass is 10.1. The van der Waals surface area contributed by atoms with Crippen molar-refractivity contribution in [3.05, 3.63) is 83.9 Å². The predicted octanol–water partition coefficient (Wildman–Crippen LogP) is 3.84. The van der Waals surface area contributed by atoms with Gasteiger partial charge in [-0.1, -0.05) is 72.8 Å². The third-order valence-electron chi connectivity index (χ3n) is 4.66. The van der Waals surface area contributed by atoms with Gasteiger partial charge in [0.2, 0.25) is 0 Å². The van der Waals surface area contributed by atoms with Crippen LogP contribution in [0.1, 0.15) is 11.1 Å². The van der Waals surface area contributed by atoms with Crippen molar-refractivity contribution in [2.45, 2.75) is 13.0 Å². The molecule has 1 aliphatic rings. The first-order valence-electron chi connectivity index (χ1n) is 8.93. The van der Waals surface area contributed by atoms with Crippen LogP contribution in [0, 0.1) is 0 Å². The Kier molecular flexibility index (Phi) is 4.64. The fraction of sp³-hybridized carbons (Fsp3) is 0.227. The quantitative estimate of drug-likeness (QED) is 0.770. The molecule has 0 atom stereocenters. The average molecular weight is 329 g/mol. The normalized spacial score (nSPS) is 13.9. The summed E-state index contributed by atoms with van der Waals surface area (Å²) in [6.07, 6.45) is 1.00. The molecule has 126 valence electrons. The molecule has 0 spiro atoms. The molecule has 0 aliphatic carbocycles. The number of aliphatic imine (C=N–C) groups is 1. The summed E-state index contributed by atoms with van der Waals surface area (Å²) in [4.78, 5) is 6.95. The summed E-state index contributed by atoms with van der Waals surface area (Å²) in [5.74, 6) is 1.03. The predicted molar refractivity (Wildman–Crippen MR) is 105 cm³/mol. The molecule has 25 heavy (non-hydrogen) atoms. The molecule has 4 rings (SSSR count). The van der Waals surface area contributed by atoms with Gasteiger partial charge in [0, 0.05) is 19.6 Å². The van der Waals surface area contributed by atoms with E-state index in [0.29, 0.717) is 0 Å². The van der Waals surface area contributed by atoms with Gasteiger partial charge in [-0.15, -0.1) is 0 Å². The first kappa shape index (κ1) is 15.7. The van der Waals surface area contributed by atoms with E-state index >= 15 is 0 Å². The summed E-state index contributed by atoms with van der Waals surface area (Å²) in [5.41, 5.74) is 2.69. The van der Waals surface area contributed by atoms with Crippen LogP contribution in [0.5, 0.6) is 0 Å². The highest BCUT2D eigenvalue weighted by Crippen LogP contribution is 2.16. The third-order valence-corrected chi connectivity index (χ3v) is 4.66. The summed E-state index contributed by atoms with van der Waals surface area (Å²) in [7, 11) is 0. The molecule has 0 amide bonds. The zero-order valence-corrected chi connectivity index (χ0v) is 14.4. The summed E-state index contributed by atoms with van der Waals surface area (Å²) >= 11 is 0. The molecule has 3 nitrogen and oxygen atoms in total. The molecule has 0 aromatic heterocycles. The number of benzene rings is 3. The molecular formula is C22H23N3. The lowest BCUT2D eigenvalue weighted by molar-refractivity contribution is 0.437. The van der Waals surface area contributed by atoms with Crippen molar-refractivity contribution in [3.8, 4) is 0 Å². The third kappa shape index (κ3) is 3.82. The Bertz CT molecular complexity index is 871. The van der Waals surface area contributed by atoms with Crippen LogP contribution in [-0.4, -0.2) is 30.5 Å². The van der Waals surface area contributed by atoms with Crippen molar-refractivity contribution in [3.63, 3.8) is 0 Å². The Morgan fingerprint density at radius 2 is 1.64 bits per heavy atom. The number of guanidine groups is 1. The summed E-state index contributed by atoms with van der Waals surface area (Å²) in [6.45, 7) is 3.70. The van der Waals surface area contributed by atoms with Crippen molar-refractivity contribution in [1.82, 2.24) is 10.2 Å². The zero-order valence-electron chi connectivity index (χ0n) is 14.4. The van der Waals surface area contributed by atoms with Gasteiger partial charge < -0.3 is 10.2 Å². The van der Waals surface area contributed by atoms with Gasteiger partial charge in [0.25, 0.3) is 0 Å². The topological polar surface area (TPSA) is 27.6 Å². The van der Waals surface area contributed by atoms with E-state index in [9.17, 15) is 0 Å². The number of hydrogen-bond donors (Lipinski definition) is 1. The Morgan fingerprint density at radius 1 is 0.840 bits per heavy atom. The summed E-state index contributed by atoms with van der Waals surface area (Å²) < 4.78 is 0. The number of rotatable bonds is 5. The van der Waals surface area contributed by atoms with Gasteiger partial charge in [-0.2, -0.15) is 0 Å². The second-order valence-electron chi connectivity index (χ2n) is 6.47. The smallest absolute Gasteiger partial charge is 0.194 e. The highest BCUT2D eigenvalue weighted by molar-refractivity contribution is 5.83. The molecule has 0 radical (unpaired) electrons. The standard InChI is InChI=1S/C22H23N3/c1-2-6-19(7-3-1)17-25-15-14-24-22(25)23-13-12-18-10-11-20-8-4-5-9-21(20)16-18/h1-11,16H,12-15,17H2,(H,23,24). The molecule has 3 aromatic carbocycles. The lowest BCUT2D eigenvalue weighted by Crippen LogP contribution is -2.38. The lowest BCUT2D eigenvalue weighted by Gasteiger charge is -2.21. The van der Waals surface area contributed by atoms with E-state index in [1.165, 1.54) is 21.9 Å². The molecule has 0 saturated carbocycles. The molecule has 0 saturated heterocycles. The van der Waals surface area contributed by atoms with Crippen molar-refractivity contribution in [2.24, 2.45) is 4.99 Å². The number of nitrogens with one attached hydrogen (secondary N) is 1. The fourth-order valence-electron chi connectivity index (χ4n) is 3.32. The minimum Gasteiger partial charge on any atom is -0.356 e. The van der Waals surface area contributed by atoms with Crippen LogP contribution in [-0.2, 0) is 13.0 Å². The van der Waals surface area contributed by atoms with E-state index < -0.39 is 0 Å². The van der Waals surface area contributed by atoms with Gasteiger partial charge in [0.1, 0.15) is 0 Å². The van der Waals surface area contributed by atoms with Crippen LogP contribution < -0.4 is 5.32 Å². The van der Waals surface area contributed by atoms with Gasteiger partial charge in [-0.25, -0.2) is 0 Å². The molecule has 3 heteroatoms. The SMILES string of the molecule is c1ccc(CN2CCN=C2NCCc2ccc3ccccc3c2)cc1.